The maximum Gasteiger partial charge on any atom is 0.407 e. The Morgan fingerprint density at radius 3 is 2.57 bits per heavy atom. The zero-order valence-electron chi connectivity index (χ0n) is 33.3. The molecule has 304 valence electrons. The second-order valence-electron chi connectivity index (χ2n) is 18.3. The molecule has 12 heteroatoms. The number of β-amino-alcohol motifs (C(OH)–C–C–N with tert-alkyl or cyclic N) is 1. The maximum absolute atomic E-state index is 12.9. The molecule has 4 aliphatic carbocycles. The van der Waals surface area contributed by atoms with E-state index < -0.39 is 26.3 Å². The highest BCUT2D eigenvalue weighted by Gasteiger charge is 2.59. The predicted octanol–water partition coefficient (Wildman–Crippen LogP) is 8.34. The summed E-state index contributed by atoms with van der Waals surface area (Å²) in [4.78, 5) is 27.2. The van der Waals surface area contributed by atoms with E-state index in [-0.39, 0.29) is 55.7 Å². The van der Waals surface area contributed by atoms with Gasteiger partial charge in [-0.25, -0.2) is 10.1 Å². The van der Waals surface area contributed by atoms with Gasteiger partial charge in [-0.15, -0.1) is 0 Å². The monoisotopic (exact) mass is 766 g/mol. The van der Waals surface area contributed by atoms with E-state index in [0.717, 1.165) is 61.2 Å². The van der Waals surface area contributed by atoms with Gasteiger partial charge in [0.2, 0.25) is 5.91 Å². The minimum absolute atomic E-state index is 0.0888. The number of likely N-dealkylation sites (tertiary alicyclic amines) is 1. The van der Waals surface area contributed by atoms with Crippen LogP contribution in [-0.4, -0.2) is 83.1 Å². The van der Waals surface area contributed by atoms with Crippen LogP contribution in [0.25, 0.3) is 0 Å². The van der Waals surface area contributed by atoms with E-state index >= 15 is 0 Å². The lowest BCUT2D eigenvalue weighted by atomic mass is 9.47. The van der Waals surface area contributed by atoms with E-state index in [1.807, 2.05) is 0 Å². The molecule has 3 saturated carbocycles. The molecule has 0 aromatic carbocycles. The molecule has 5 rings (SSSR count). The van der Waals surface area contributed by atoms with E-state index in [2.05, 4.69) is 50.7 Å². The first kappa shape index (κ1) is 42.6. The van der Waals surface area contributed by atoms with Crippen molar-refractivity contribution in [2.24, 2.45) is 46.3 Å². The summed E-state index contributed by atoms with van der Waals surface area (Å²) >= 11 is 0. The Kier molecular flexibility index (Phi) is 15.0. The number of hydrogen-bond acceptors (Lipinski definition) is 9. The highest BCUT2D eigenvalue weighted by molar-refractivity contribution is 7.53. The topological polar surface area (TPSA) is 155 Å². The molecule has 53 heavy (non-hydrogen) atoms. The number of allylic oxidation sites excluding steroid dienone is 1. The molecule has 0 bridgehead atoms. The number of nitrogens with zero attached hydrogens (tertiary/aromatic N) is 1. The maximum atomic E-state index is 12.9. The number of ether oxygens (including phenoxy) is 1. The van der Waals surface area contributed by atoms with Crippen molar-refractivity contribution in [1.82, 2.24) is 10.2 Å². The van der Waals surface area contributed by atoms with Crippen LogP contribution >= 0.6 is 7.60 Å². The van der Waals surface area contributed by atoms with Gasteiger partial charge in [0.15, 0.2) is 0 Å². The zero-order valence-corrected chi connectivity index (χ0v) is 34.2. The highest BCUT2D eigenvalue weighted by Crippen LogP contribution is 2.67. The summed E-state index contributed by atoms with van der Waals surface area (Å²) in [6, 6.07) is -0.504. The molecule has 0 aromatic rings. The Bertz CT molecular complexity index is 1310. The zero-order chi connectivity index (χ0) is 38.4. The summed E-state index contributed by atoms with van der Waals surface area (Å²) in [6.45, 7) is 12.4. The average molecular weight is 767 g/mol. The number of carbonyl (C=O) groups is 2. The first-order chi connectivity index (χ1) is 25.2. The molecular weight excluding hydrogens is 695 g/mol. The van der Waals surface area contributed by atoms with E-state index in [1.165, 1.54) is 61.8 Å². The van der Waals surface area contributed by atoms with Crippen molar-refractivity contribution in [3.05, 3.63) is 11.6 Å². The van der Waals surface area contributed by atoms with Gasteiger partial charge < -0.3 is 29.7 Å². The molecule has 1 heterocycles. The number of fused-ring (bicyclic) bond motifs is 5. The normalized spacial score (nSPS) is 35.5. The number of carbonyl (C=O) groups excluding carboxylic acids is 2. The van der Waals surface area contributed by atoms with Gasteiger partial charge in [0, 0.05) is 25.9 Å². The van der Waals surface area contributed by atoms with Crippen molar-refractivity contribution >= 4 is 19.6 Å². The number of nitrogens with one attached hydrogen (secondary N) is 1. The smallest absolute Gasteiger partial charge is 0.407 e. The van der Waals surface area contributed by atoms with Crippen LogP contribution < -0.4 is 5.32 Å². The summed E-state index contributed by atoms with van der Waals surface area (Å²) in [5, 5.41) is 31.0. The van der Waals surface area contributed by atoms with Crippen LogP contribution in [0.1, 0.15) is 137 Å². The van der Waals surface area contributed by atoms with Crippen molar-refractivity contribution in [3.8, 4) is 0 Å². The van der Waals surface area contributed by atoms with Crippen LogP contribution in [0.3, 0.4) is 0 Å². The fraction of sp³-hybridized carbons (Fsp3) is 0.902. The van der Waals surface area contributed by atoms with Crippen molar-refractivity contribution in [2.75, 3.05) is 32.5 Å². The lowest BCUT2D eigenvalue weighted by Crippen LogP contribution is -2.51. The van der Waals surface area contributed by atoms with Gasteiger partial charge in [0.05, 0.1) is 31.5 Å². The van der Waals surface area contributed by atoms with Crippen LogP contribution in [0.4, 0.5) is 4.79 Å². The lowest BCUT2D eigenvalue weighted by molar-refractivity contribution is -0.150. The third kappa shape index (κ3) is 10.1. The summed E-state index contributed by atoms with van der Waals surface area (Å²) in [7, 11) is -3.87. The third-order valence-corrected chi connectivity index (χ3v) is 16.1. The molecule has 0 spiro atoms. The van der Waals surface area contributed by atoms with Crippen LogP contribution in [0.5, 0.6) is 0 Å². The molecule has 1 saturated heterocycles. The summed E-state index contributed by atoms with van der Waals surface area (Å²) in [6.07, 6.45) is 17.2. The second kappa shape index (κ2) is 18.6. The van der Waals surface area contributed by atoms with E-state index in [1.54, 1.807) is 0 Å². The Labute approximate surface area is 318 Å². The van der Waals surface area contributed by atoms with E-state index in [9.17, 15) is 19.3 Å². The van der Waals surface area contributed by atoms with Crippen LogP contribution in [0.15, 0.2) is 11.6 Å². The van der Waals surface area contributed by atoms with Gasteiger partial charge in [-0.05, 0) is 111 Å². The fourth-order valence-corrected chi connectivity index (χ4v) is 12.6. The molecule has 1 aliphatic heterocycles. The van der Waals surface area contributed by atoms with Gasteiger partial charge in [-0.1, -0.05) is 72.0 Å². The van der Waals surface area contributed by atoms with Crippen LogP contribution in [-0.2, 0) is 23.3 Å². The molecule has 5 aliphatic rings. The Morgan fingerprint density at radius 2 is 1.83 bits per heavy atom. The van der Waals surface area contributed by atoms with Gasteiger partial charge in [-0.2, -0.15) is 4.67 Å². The molecule has 4 unspecified atom stereocenters. The second-order valence-corrected chi connectivity index (χ2v) is 20.4. The van der Waals surface area contributed by atoms with Crippen LogP contribution in [0.2, 0.25) is 0 Å². The standard InChI is InChI=1S/C41H71N2O9P/c1-28(2)10-9-11-29(3)35-15-16-36-34-14-13-30-24-33(17-19-40(30,4)37(34)18-20-41(35,36)5)51-39(47)42-21-8-6-7-12-38(46)43-26-32(45)25-31(43)27-50-53(49,52-48)23-22-44/h13,28-29,31-37,44-45,48H,6-12,14-27H2,1-5H3,(H,42,47)/t29-,31-,32+,33-,34?,35+,36?,37?,40-,41+,53?/m0/s1. The van der Waals surface area contributed by atoms with E-state index in [4.69, 9.17) is 19.6 Å². The highest BCUT2D eigenvalue weighted by atomic mass is 31.2. The molecule has 0 aromatic heterocycles. The number of unbranched alkanes of at least 4 members (excludes halogenated alkanes) is 2. The van der Waals surface area contributed by atoms with Gasteiger partial charge in [0.25, 0.3) is 0 Å². The van der Waals surface area contributed by atoms with Gasteiger partial charge in [-0.3, -0.25) is 9.36 Å². The van der Waals surface area contributed by atoms with Crippen molar-refractivity contribution < 1.29 is 43.6 Å². The van der Waals surface area contributed by atoms with Gasteiger partial charge >= 0.3 is 13.7 Å². The van der Waals surface area contributed by atoms with E-state index in [0.29, 0.717) is 24.8 Å². The summed E-state index contributed by atoms with van der Waals surface area (Å²) < 4.78 is 27.4. The number of amides is 2. The van der Waals surface area contributed by atoms with Crippen molar-refractivity contribution in [1.29, 1.82) is 0 Å². The number of rotatable bonds is 18. The summed E-state index contributed by atoms with van der Waals surface area (Å²) in [5.74, 6) is 4.70. The molecule has 2 amide bonds. The molecule has 0 radical (unpaired) electrons. The SMILES string of the molecule is CC(C)CCC[C@H](C)[C@H]1CCC2C3CC=C4C[C@@H](OC(=O)NCCCCCC(=O)N5C[C@H](O)C[C@H]5COP(=O)(CCO)OO)CC[C@]4(C)C3CC[C@@]21C. The number of aliphatic hydroxyl groups is 2. The van der Waals surface area contributed by atoms with Crippen molar-refractivity contribution in [3.63, 3.8) is 0 Å². The molecular formula is C41H71N2O9P. The third-order valence-electron chi connectivity index (χ3n) is 14.5. The fourth-order valence-electron chi connectivity index (χ4n) is 11.7. The molecule has 11 atom stereocenters. The molecule has 4 N–H and O–H groups in total. The molecule has 11 nitrogen and oxygen atoms in total. The quantitative estimate of drug-likeness (QED) is 0.0354. The van der Waals surface area contributed by atoms with Crippen LogP contribution in [0, 0.1) is 46.3 Å². The Hall–Kier alpha value is -1.49. The van der Waals surface area contributed by atoms with Gasteiger partial charge in [0.1, 0.15) is 6.10 Å². The minimum atomic E-state index is -3.87. The number of hydrogen-bond donors (Lipinski definition) is 4. The minimum Gasteiger partial charge on any atom is -0.446 e. The Morgan fingerprint density at radius 1 is 1.04 bits per heavy atom. The number of alkyl carbamates (subject to hydrolysis) is 1. The molecule has 4 fully saturated rings. The Balaban J connectivity index is 1.01. The first-order valence-electron chi connectivity index (χ1n) is 21.0. The van der Waals surface area contributed by atoms with Crippen molar-refractivity contribution in [2.45, 2.75) is 156 Å². The lowest BCUT2D eigenvalue weighted by Gasteiger charge is -2.58. The largest absolute Gasteiger partial charge is 0.446 e. The predicted molar refractivity (Wildman–Crippen MR) is 205 cm³/mol. The average Bonchev–Trinajstić information content (AvgIpc) is 3.68. The first-order valence-corrected chi connectivity index (χ1v) is 22.7. The number of aliphatic hydroxyl groups excluding tert-OH is 2. The summed E-state index contributed by atoms with van der Waals surface area (Å²) in [5.41, 5.74) is 2.22.